The van der Waals surface area contributed by atoms with E-state index in [9.17, 15) is 0 Å². The van der Waals surface area contributed by atoms with Crippen LogP contribution in [0.3, 0.4) is 0 Å². The van der Waals surface area contributed by atoms with Gasteiger partial charge in [-0.25, -0.2) is 4.98 Å². The summed E-state index contributed by atoms with van der Waals surface area (Å²) in [6.45, 7) is 1.97. The molecule has 2 aromatic rings. The molecule has 70 valence electrons. The van der Waals surface area contributed by atoms with Gasteiger partial charge in [0.15, 0.2) is 5.65 Å². The molecule has 3 nitrogen and oxygen atoms in total. The number of nitriles is 1. The molecule has 0 N–H and O–H groups in total. The maximum Gasteiger partial charge on any atom is 0.155 e. The molecule has 0 atom stereocenters. The average molecular weight is 206 g/mol. The topological polar surface area (TPSA) is 41.1 Å². The predicted octanol–water partition coefficient (Wildman–Crippen LogP) is 2.36. The van der Waals surface area contributed by atoms with E-state index in [0.717, 1.165) is 11.3 Å². The number of fused-ring (bicyclic) bond motifs is 1. The summed E-state index contributed by atoms with van der Waals surface area (Å²) in [6, 6.07) is 3.92. The van der Waals surface area contributed by atoms with Crippen molar-refractivity contribution in [2.24, 2.45) is 0 Å². The summed E-state index contributed by atoms with van der Waals surface area (Å²) in [7, 11) is 0. The zero-order chi connectivity index (χ0) is 10.1. The van der Waals surface area contributed by atoms with Crippen LogP contribution in [-0.4, -0.2) is 9.38 Å². The maximum atomic E-state index is 8.54. The van der Waals surface area contributed by atoms with E-state index in [4.69, 9.17) is 16.9 Å². The van der Waals surface area contributed by atoms with Gasteiger partial charge in [-0.05, 0) is 18.6 Å². The van der Waals surface area contributed by atoms with Crippen LogP contribution < -0.4 is 0 Å². The van der Waals surface area contributed by atoms with Crippen LogP contribution in [-0.2, 0) is 6.42 Å². The number of aromatic nitrogens is 2. The van der Waals surface area contributed by atoms with E-state index in [-0.39, 0.29) is 0 Å². The summed E-state index contributed by atoms with van der Waals surface area (Å²) in [6.07, 6.45) is 4.09. The van der Waals surface area contributed by atoms with Crippen molar-refractivity contribution in [3.8, 4) is 6.07 Å². The molecule has 0 fully saturated rings. The van der Waals surface area contributed by atoms with Gasteiger partial charge in [0.1, 0.15) is 0 Å². The molecule has 4 heteroatoms. The Morgan fingerprint density at radius 1 is 1.57 bits per heavy atom. The monoisotopic (exact) mass is 205 g/mol. The number of hydrogen-bond acceptors (Lipinski definition) is 2. The van der Waals surface area contributed by atoms with E-state index >= 15 is 0 Å². The van der Waals surface area contributed by atoms with Gasteiger partial charge in [-0.1, -0.05) is 11.6 Å². The Hall–Kier alpha value is -1.53. The Morgan fingerprint density at radius 2 is 2.36 bits per heavy atom. The molecule has 0 aromatic carbocycles. The number of halogens is 1. The summed E-state index contributed by atoms with van der Waals surface area (Å²) in [5.41, 5.74) is 2.53. The van der Waals surface area contributed by atoms with Gasteiger partial charge in [0, 0.05) is 12.4 Å². The summed E-state index contributed by atoms with van der Waals surface area (Å²) >= 11 is 6.01. The van der Waals surface area contributed by atoms with E-state index < -0.39 is 0 Å². The van der Waals surface area contributed by atoms with Gasteiger partial charge in [0.05, 0.1) is 23.2 Å². The highest BCUT2D eigenvalue weighted by Gasteiger charge is 2.05. The van der Waals surface area contributed by atoms with Crippen LogP contribution in [0, 0.1) is 18.3 Å². The second-order valence-corrected chi connectivity index (χ2v) is 3.57. The van der Waals surface area contributed by atoms with Crippen LogP contribution in [0.1, 0.15) is 11.3 Å². The first-order valence-electron chi connectivity index (χ1n) is 4.21. The number of imidazole rings is 1. The molecular formula is C10H8ClN3. The molecule has 0 aliphatic carbocycles. The third-order valence-corrected chi connectivity index (χ3v) is 2.23. The summed E-state index contributed by atoms with van der Waals surface area (Å²) < 4.78 is 1.85. The van der Waals surface area contributed by atoms with E-state index in [2.05, 4.69) is 11.1 Å². The largest absolute Gasteiger partial charge is 0.305 e. The first-order valence-corrected chi connectivity index (χ1v) is 4.59. The fraction of sp³-hybridized carbons (Fsp3) is 0.200. The van der Waals surface area contributed by atoms with Crippen LogP contribution >= 0.6 is 11.6 Å². The van der Waals surface area contributed by atoms with Crippen molar-refractivity contribution in [3.05, 3.63) is 34.7 Å². The first-order chi connectivity index (χ1) is 6.70. The zero-order valence-electron chi connectivity index (χ0n) is 7.66. The highest BCUT2D eigenvalue weighted by atomic mass is 35.5. The van der Waals surface area contributed by atoms with Gasteiger partial charge in [0.25, 0.3) is 0 Å². The number of aryl methyl sites for hydroxylation is 1. The molecule has 2 heterocycles. The second kappa shape index (κ2) is 3.32. The highest BCUT2D eigenvalue weighted by Crippen LogP contribution is 2.18. The van der Waals surface area contributed by atoms with Crippen molar-refractivity contribution in [2.45, 2.75) is 13.3 Å². The van der Waals surface area contributed by atoms with Gasteiger partial charge >= 0.3 is 0 Å². The van der Waals surface area contributed by atoms with Crippen molar-refractivity contribution < 1.29 is 0 Å². The molecule has 0 aliphatic rings. The van der Waals surface area contributed by atoms with Crippen LogP contribution in [0.2, 0.25) is 5.02 Å². The van der Waals surface area contributed by atoms with Crippen LogP contribution in [0.4, 0.5) is 0 Å². The fourth-order valence-corrected chi connectivity index (χ4v) is 1.72. The maximum absolute atomic E-state index is 8.54. The van der Waals surface area contributed by atoms with Crippen LogP contribution in [0.25, 0.3) is 5.65 Å². The zero-order valence-corrected chi connectivity index (χ0v) is 8.41. The van der Waals surface area contributed by atoms with Crippen LogP contribution in [0.5, 0.6) is 0 Å². The third kappa shape index (κ3) is 1.45. The molecule has 0 aliphatic heterocycles. The van der Waals surface area contributed by atoms with Crippen molar-refractivity contribution in [2.75, 3.05) is 0 Å². The smallest absolute Gasteiger partial charge is 0.155 e. The fourth-order valence-electron chi connectivity index (χ4n) is 1.41. The minimum Gasteiger partial charge on any atom is -0.305 e. The third-order valence-electron chi connectivity index (χ3n) is 1.95. The standard InChI is InChI=1S/C10H8ClN3/c1-7-4-9(11)10-13-8(2-3-12)6-14(10)5-7/h4-6H,2H2,1H3. The molecule has 14 heavy (non-hydrogen) atoms. The molecule has 0 bridgehead atoms. The number of nitrogens with zero attached hydrogens (tertiary/aromatic N) is 3. The van der Waals surface area contributed by atoms with E-state index in [1.165, 1.54) is 0 Å². The minimum atomic E-state index is 0.317. The quantitative estimate of drug-likeness (QED) is 0.717. The lowest BCUT2D eigenvalue weighted by Gasteiger charge is -1.97. The minimum absolute atomic E-state index is 0.317. The Balaban J connectivity index is 2.66. The molecule has 0 spiro atoms. The first kappa shape index (κ1) is 9.04. The van der Waals surface area contributed by atoms with Crippen LogP contribution in [0.15, 0.2) is 18.5 Å². The number of pyridine rings is 1. The van der Waals surface area contributed by atoms with Gasteiger partial charge in [-0.2, -0.15) is 5.26 Å². The SMILES string of the molecule is Cc1cc(Cl)c2nc(CC#N)cn2c1. The van der Waals surface area contributed by atoms with E-state index in [1.54, 1.807) is 0 Å². The Bertz CT molecular complexity index is 522. The van der Waals surface area contributed by atoms with Crippen molar-refractivity contribution >= 4 is 17.2 Å². The predicted molar refractivity (Wildman–Crippen MR) is 54.3 cm³/mol. The van der Waals surface area contributed by atoms with Gasteiger partial charge in [0.2, 0.25) is 0 Å². The summed E-state index contributed by atoms with van der Waals surface area (Å²) in [4.78, 5) is 4.25. The molecule has 0 saturated carbocycles. The Kier molecular flexibility index (Phi) is 2.14. The lowest BCUT2D eigenvalue weighted by Crippen LogP contribution is -1.85. The number of rotatable bonds is 1. The van der Waals surface area contributed by atoms with Gasteiger partial charge < -0.3 is 4.40 Å². The summed E-state index contributed by atoms with van der Waals surface area (Å²) in [5.74, 6) is 0. The molecule has 0 saturated heterocycles. The molecule has 0 amide bonds. The molecule has 2 aromatic heterocycles. The van der Waals surface area contributed by atoms with Gasteiger partial charge in [-0.3, -0.25) is 0 Å². The number of hydrogen-bond donors (Lipinski definition) is 0. The Labute approximate surface area is 86.6 Å². The molecule has 2 rings (SSSR count). The highest BCUT2D eigenvalue weighted by molar-refractivity contribution is 6.33. The lowest BCUT2D eigenvalue weighted by molar-refractivity contribution is 1.14. The Morgan fingerprint density at radius 3 is 3.07 bits per heavy atom. The van der Waals surface area contributed by atoms with Crippen molar-refractivity contribution in [3.63, 3.8) is 0 Å². The van der Waals surface area contributed by atoms with E-state index in [1.807, 2.05) is 29.8 Å². The average Bonchev–Trinajstić information content (AvgIpc) is 2.48. The molecule has 0 unspecified atom stereocenters. The van der Waals surface area contributed by atoms with E-state index in [0.29, 0.717) is 17.1 Å². The summed E-state index contributed by atoms with van der Waals surface area (Å²) in [5, 5.41) is 9.16. The van der Waals surface area contributed by atoms with Gasteiger partial charge in [-0.15, -0.1) is 0 Å². The van der Waals surface area contributed by atoms with Crippen molar-refractivity contribution in [1.82, 2.24) is 9.38 Å². The lowest BCUT2D eigenvalue weighted by atomic mass is 10.3. The molecular weight excluding hydrogens is 198 g/mol. The second-order valence-electron chi connectivity index (χ2n) is 3.16. The normalized spacial score (nSPS) is 10.4. The molecule has 0 radical (unpaired) electrons. The van der Waals surface area contributed by atoms with Crippen molar-refractivity contribution in [1.29, 1.82) is 5.26 Å².